The molecule has 6 heteroatoms. The van der Waals surface area contributed by atoms with Crippen LogP contribution in [0.5, 0.6) is 17.2 Å². The van der Waals surface area contributed by atoms with Crippen LogP contribution >= 0.6 is 0 Å². The van der Waals surface area contributed by atoms with Crippen LogP contribution in [0.4, 0.5) is 0 Å². The van der Waals surface area contributed by atoms with E-state index >= 15 is 0 Å². The van der Waals surface area contributed by atoms with E-state index in [4.69, 9.17) is 28.4 Å². The van der Waals surface area contributed by atoms with E-state index < -0.39 is 0 Å². The van der Waals surface area contributed by atoms with Crippen molar-refractivity contribution in [1.82, 2.24) is 0 Å². The van der Waals surface area contributed by atoms with Crippen molar-refractivity contribution in [2.24, 2.45) is 0 Å². The standard InChI is InChI=1S/C40H36O6/c1-3-30(27-7-13-34(14-8-27)41-21-37-24-44-37)19-32(5-1)40(29-11-17-36(18-12-29)43-23-39-26-46-39)33-6-2-4-31(20-33)28-9-15-35(16-10-28)42-22-38-25-45-38/h1-20,37-40H,21-26H2. The summed E-state index contributed by atoms with van der Waals surface area (Å²) in [6, 6.07) is 42.8. The summed E-state index contributed by atoms with van der Waals surface area (Å²) in [4.78, 5) is 0. The summed E-state index contributed by atoms with van der Waals surface area (Å²) >= 11 is 0. The van der Waals surface area contributed by atoms with E-state index in [2.05, 4.69) is 97.1 Å². The highest BCUT2D eigenvalue weighted by molar-refractivity contribution is 5.68. The SMILES string of the molecule is c1cc(-c2ccc(OCC3CO3)cc2)cc(C(c2ccc(OCC3CO3)cc2)c2cccc(-c3ccc(OCC4CO4)cc3)c2)c1. The van der Waals surface area contributed by atoms with Gasteiger partial charge in [-0.05, 0) is 75.3 Å². The minimum atomic E-state index is 0.0167. The summed E-state index contributed by atoms with van der Waals surface area (Å²) in [5.41, 5.74) is 8.23. The molecule has 5 aromatic carbocycles. The van der Waals surface area contributed by atoms with Gasteiger partial charge >= 0.3 is 0 Å². The monoisotopic (exact) mass is 612 g/mol. The lowest BCUT2D eigenvalue weighted by atomic mass is 9.83. The maximum Gasteiger partial charge on any atom is 0.119 e. The van der Waals surface area contributed by atoms with Gasteiger partial charge < -0.3 is 28.4 Å². The lowest BCUT2D eigenvalue weighted by molar-refractivity contribution is 0.263. The number of hydrogen-bond acceptors (Lipinski definition) is 6. The Bertz CT molecular complexity index is 1650. The van der Waals surface area contributed by atoms with Gasteiger partial charge in [-0.2, -0.15) is 0 Å². The molecule has 0 spiro atoms. The molecule has 3 fully saturated rings. The molecule has 46 heavy (non-hydrogen) atoms. The zero-order valence-corrected chi connectivity index (χ0v) is 25.5. The second-order valence-corrected chi connectivity index (χ2v) is 12.1. The molecular formula is C40H36O6. The van der Waals surface area contributed by atoms with Crippen molar-refractivity contribution in [3.8, 4) is 39.5 Å². The Morgan fingerprint density at radius 1 is 0.435 bits per heavy atom. The molecule has 3 unspecified atom stereocenters. The first kappa shape index (κ1) is 28.8. The maximum atomic E-state index is 5.96. The molecule has 8 rings (SSSR count). The van der Waals surface area contributed by atoms with E-state index in [1.54, 1.807) is 0 Å². The summed E-state index contributed by atoms with van der Waals surface area (Å²) in [6.07, 6.45) is 0.694. The van der Waals surface area contributed by atoms with Crippen LogP contribution in [0.2, 0.25) is 0 Å². The highest BCUT2D eigenvalue weighted by Gasteiger charge is 2.25. The minimum Gasteiger partial charge on any atom is -0.491 e. The van der Waals surface area contributed by atoms with Crippen LogP contribution in [0.3, 0.4) is 0 Å². The Morgan fingerprint density at radius 2 is 0.804 bits per heavy atom. The smallest absolute Gasteiger partial charge is 0.119 e. The van der Waals surface area contributed by atoms with Crippen LogP contribution < -0.4 is 14.2 Å². The molecule has 0 amide bonds. The van der Waals surface area contributed by atoms with Crippen molar-refractivity contribution < 1.29 is 28.4 Å². The molecule has 0 aromatic heterocycles. The molecule has 0 N–H and O–H groups in total. The summed E-state index contributed by atoms with van der Waals surface area (Å²) in [6.45, 7) is 4.14. The van der Waals surface area contributed by atoms with Gasteiger partial charge in [0, 0.05) is 5.92 Å². The Hall–Kier alpha value is -4.62. The van der Waals surface area contributed by atoms with Crippen molar-refractivity contribution in [3.63, 3.8) is 0 Å². The highest BCUT2D eigenvalue weighted by Crippen LogP contribution is 2.37. The fraction of sp³-hybridized carbons (Fsp3) is 0.250. The van der Waals surface area contributed by atoms with E-state index in [0.717, 1.165) is 59.3 Å². The van der Waals surface area contributed by atoms with E-state index in [-0.39, 0.29) is 24.2 Å². The number of ether oxygens (including phenoxy) is 6. The van der Waals surface area contributed by atoms with Gasteiger partial charge in [0.15, 0.2) is 0 Å². The summed E-state index contributed by atoms with van der Waals surface area (Å²) in [7, 11) is 0. The van der Waals surface area contributed by atoms with Gasteiger partial charge in [-0.1, -0.05) is 84.9 Å². The molecule has 3 saturated heterocycles. The quantitative estimate of drug-likeness (QED) is 0.0954. The van der Waals surface area contributed by atoms with Crippen molar-refractivity contribution in [3.05, 3.63) is 138 Å². The molecule has 0 saturated carbocycles. The third-order valence-corrected chi connectivity index (χ3v) is 8.54. The lowest BCUT2D eigenvalue weighted by Gasteiger charge is -2.21. The molecule has 3 heterocycles. The Balaban J connectivity index is 1.09. The van der Waals surface area contributed by atoms with E-state index in [1.165, 1.54) is 16.7 Å². The normalized spacial score (nSPS) is 20.0. The first-order valence-electron chi connectivity index (χ1n) is 16.0. The zero-order valence-electron chi connectivity index (χ0n) is 25.5. The third kappa shape index (κ3) is 7.26. The van der Waals surface area contributed by atoms with Crippen LogP contribution in [-0.4, -0.2) is 58.0 Å². The summed E-state index contributed by atoms with van der Waals surface area (Å²) < 4.78 is 33.5. The molecule has 3 atom stereocenters. The van der Waals surface area contributed by atoms with Crippen molar-refractivity contribution >= 4 is 0 Å². The average Bonchev–Trinajstić information content (AvgIpc) is 3.96. The number of rotatable bonds is 14. The first-order chi connectivity index (χ1) is 22.7. The molecule has 232 valence electrons. The second-order valence-electron chi connectivity index (χ2n) is 12.1. The van der Waals surface area contributed by atoms with Crippen LogP contribution in [0, 0.1) is 0 Å². The van der Waals surface area contributed by atoms with Gasteiger partial charge in [0.25, 0.3) is 0 Å². The molecule has 5 aromatic rings. The minimum absolute atomic E-state index is 0.0167. The molecular weight excluding hydrogens is 576 g/mol. The lowest BCUT2D eigenvalue weighted by Crippen LogP contribution is -2.06. The predicted molar refractivity (Wildman–Crippen MR) is 177 cm³/mol. The summed E-state index contributed by atoms with van der Waals surface area (Å²) in [5, 5.41) is 0. The highest BCUT2D eigenvalue weighted by atomic mass is 16.6. The molecule has 3 aliphatic heterocycles. The average molecular weight is 613 g/mol. The Labute approximate surface area is 269 Å². The Kier molecular flexibility index (Phi) is 8.15. The van der Waals surface area contributed by atoms with Gasteiger partial charge in [-0.15, -0.1) is 0 Å². The molecule has 0 aliphatic carbocycles. The summed E-state index contributed by atoms with van der Waals surface area (Å²) in [5.74, 6) is 2.59. The van der Waals surface area contributed by atoms with Gasteiger partial charge in [0.1, 0.15) is 55.4 Å². The number of benzene rings is 5. The number of hydrogen-bond donors (Lipinski definition) is 0. The van der Waals surface area contributed by atoms with Crippen molar-refractivity contribution in [2.45, 2.75) is 24.2 Å². The van der Waals surface area contributed by atoms with Gasteiger partial charge in [0.05, 0.1) is 19.8 Å². The third-order valence-electron chi connectivity index (χ3n) is 8.54. The van der Waals surface area contributed by atoms with Crippen LogP contribution in [0.25, 0.3) is 22.3 Å². The zero-order chi connectivity index (χ0) is 30.7. The maximum absolute atomic E-state index is 5.96. The molecule has 0 radical (unpaired) electrons. The van der Waals surface area contributed by atoms with Crippen LogP contribution in [0.1, 0.15) is 22.6 Å². The predicted octanol–water partition coefficient (Wildman–Crippen LogP) is 7.53. The van der Waals surface area contributed by atoms with Crippen molar-refractivity contribution in [2.75, 3.05) is 39.6 Å². The fourth-order valence-corrected chi connectivity index (χ4v) is 5.68. The van der Waals surface area contributed by atoms with Crippen LogP contribution in [0.15, 0.2) is 121 Å². The Morgan fingerprint density at radius 3 is 1.17 bits per heavy atom. The largest absolute Gasteiger partial charge is 0.491 e. The van der Waals surface area contributed by atoms with Crippen LogP contribution in [-0.2, 0) is 14.2 Å². The molecule has 0 bridgehead atoms. The van der Waals surface area contributed by atoms with Crippen molar-refractivity contribution in [1.29, 1.82) is 0 Å². The second kappa shape index (κ2) is 13.0. The van der Waals surface area contributed by atoms with Gasteiger partial charge in [-0.3, -0.25) is 0 Å². The molecule has 6 nitrogen and oxygen atoms in total. The van der Waals surface area contributed by atoms with Gasteiger partial charge in [0.2, 0.25) is 0 Å². The van der Waals surface area contributed by atoms with E-state index in [1.807, 2.05) is 24.3 Å². The molecule has 3 aliphatic rings. The van der Waals surface area contributed by atoms with E-state index in [0.29, 0.717) is 19.8 Å². The number of epoxide rings is 3. The van der Waals surface area contributed by atoms with Gasteiger partial charge in [-0.25, -0.2) is 0 Å². The fourth-order valence-electron chi connectivity index (χ4n) is 5.68. The van der Waals surface area contributed by atoms with E-state index in [9.17, 15) is 0 Å². The topological polar surface area (TPSA) is 65.3 Å². The first-order valence-corrected chi connectivity index (χ1v) is 16.0.